The van der Waals surface area contributed by atoms with Crippen molar-refractivity contribution in [1.29, 1.82) is 0 Å². The predicted octanol–water partition coefficient (Wildman–Crippen LogP) is 3.23. The Balaban J connectivity index is 2.99. The molecular weight excluding hydrogens is 268 g/mol. The van der Waals surface area contributed by atoms with Crippen LogP contribution in [0.2, 0.25) is 0 Å². The van der Waals surface area contributed by atoms with Gasteiger partial charge in [0.1, 0.15) is 5.75 Å². The Morgan fingerprint density at radius 2 is 1.90 bits per heavy atom. The second-order valence-electron chi connectivity index (χ2n) is 6.19. The third-order valence-corrected chi connectivity index (χ3v) is 3.31. The molecule has 0 aliphatic carbocycles. The van der Waals surface area contributed by atoms with Gasteiger partial charge >= 0.3 is 5.97 Å². The van der Waals surface area contributed by atoms with Crippen LogP contribution >= 0.6 is 0 Å². The molecule has 1 N–H and O–H groups in total. The third-order valence-electron chi connectivity index (χ3n) is 3.31. The molecular formula is C17H26O4. The van der Waals surface area contributed by atoms with Gasteiger partial charge in [-0.05, 0) is 42.9 Å². The van der Waals surface area contributed by atoms with Gasteiger partial charge in [0.2, 0.25) is 0 Å². The van der Waals surface area contributed by atoms with Crippen molar-refractivity contribution in [3.63, 3.8) is 0 Å². The van der Waals surface area contributed by atoms with E-state index in [0.717, 1.165) is 16.9 Å². The van der Waals surface area contributed by atoms with Gasteiger partial charge in [0.05, 0.1) is 19.3 Å². The average molecular weight is 294 g/mol. The molecule has 4 heteroatoms. The van der Waals surface area contributed by atoms with Crippen LogP contribution in [0.25, 0.3) is 0 Å². The minimum atomic E-state index is -0.329. The van der Waals surface area contributed by atoms with E-state index >= 15 is 0 Å². The van der Waals surface area contributed by atoms with Crippen molar-refractivity contribution in [3.05, 3.63) is 28.8 Å². The van der Waals surface area contributed by atoms with Crippen LogP contribution in [0, 0.1) is 6.92 Å². The van der Waals surface area contributed by atoms with Crippen LogP contribution < -0.4 is 4.74 Å². The number of esters is 1. The Morgan fingerprint density at radius 1 is 1.24 bits per heavy atom. The van der Waals surface area contributed by atoms with E-state index in [0.29, 0.717) is 25.0 Å². The van der Waals surface area contributed by atoms with Crippen LogP contribution in [0.4, 0.5) is 0 Å². The molecule has 1 rings (SSSR count). The molecule has 21 heavy (non-hydrogen) atoms. The molecule has 0 aromatic heterocycles. The summed E-state index contributed by atoms with van der Waals surface area (Å²) in [5, 5.41) is 8.71. The highest BCUT2D eigenvalue weighted by Gasteiger charge is 2.23. The number of methoxy groups -OCH3 is 1. The normalized spacial score (nSPS) is 11.3. The second kappa shape index (κ2) is 7.46. The van der Waals surface area contributed by atoms with Crippen molar-refractivity contribution in [2.24, 2.45) is 0 Å². The lowest BCUT2D eigenvalue weighted by atomic mass is 9.84. The van der Waals surface area contributed by atoms with E-state index in [2.05, 4.69) is 20.8 Å². The Hall–Kier alpha value is -1.55. The van der Waals surface area contributed by atoms with Crippen molar-refractivity contribution >= 4 is 5.97 Å². The zero-order chi connectivity index (χ0) is 16.0. The highest BCUT2D eigenvalue weighted by molar-refractivity contribution is 5.90. The summed E-state index contributed by atoms with van der Waals surface area (Å²) in [6.07, 6.45) is 1.31. The fourth-order valence-corrected chi connectivity index (χ4v) is 2.18. The minimum absolute atomic E-state index is 0.118. The number of aliphatic hydroxyl groups is 1. The molecule has 118 valence electrons. The molecule has 4 nitrogen and oxygen atoms in total. The van der Waals surface area contributed by atoms with Crippen LogP contribution in [0.1, 0.15) is 55.1 Å². The Morgan fingerprint density at radius 3 is 2.43 bits per heavy atom. The predicted molar refractivity (Wildman–Crippen MR) is 83.0 cm³/mol. The number of benzene rings is 1. The number of carbonyl (C=O) groups excluding carboxylic acids is 1. The SMILES string of the molecule is COc1c(C)cc(C(=O)OCCCCO)cc1C(C)(C)C. The van der Waals surface area contributed by atoms with Crippen LogP contribution in [-0.2, 0) is 10.2 Å². The van der Waals surface area contributed by atoms with Crippen LogP contribution in [0.3, 0.4) is 0 Å². The first kappa shape index (κ1) is 17.5. The van der Waals surface area contributed by atoms with Crippen molar-refractivity contribution in [1.82, 2.24) is 0 Å². The minimum Gasteiger partial charge on any atom is -0.496 e. The number of aliphatic hydroxyl groups excluding tert-OH is 1. The Labute approximate surface area is 127 Å². The van der Waals surface area contributed by atoms with Crippen molar-refractivity contribution in [3.8, 4) is 5.75 Å². The lowest BCUT2D eigenvalue weighted by molar-refractivity contribution is 0.0492. The van der Waals surface area contributed by atoms with Crippen molar-refractivity contribution in [2.75, 3.05) is 20.3 Å². The fourth-order valence-electron chi connectivity index (χ4n) is 2.18. The van der Waals surface area contributed by atoms with Crippen molar-refractivity contribution in [2.45, 2.75) is 46.0 Å². The van der Waals surface area contributed by atoms with Crippen LogP contribution in [-0.4, -0.2) is 31.4 Å². The molecule has 0 unspecified atom stereocenters. The summed E-state index contributed by atoms with van der Waals surface area (Å²) in [6.45, 7) is 8.63. The first-order valence-electron chi connectivity index (χ1n) is 7.28. The van der Waals surface area contributed by atoms with E-state index in [4.69, 9.17) is 14.6 Å². The summed E-state index contributed by atoms with van der Waals surface area (Å²) in [7, 11) is 1.64. The van der Waals surface area contributed by atoms with E-state index in [1.165, 1.54) is 0 Å². The molecule has 1 aromatic rings. The molecule has 0 aliphatic rings. The quantitative estimate of drug-likeness (QED) is 0.646. The monoisotopic (exact) mass is 294 g/mol. The third kappa shape index (κ3) is 4.74. The van der Waals surface area contributed by atoms with Gasteiger partial charge in [-0.25, -0.2) is 4.79 Å². The molecule has 1 aromatic carbocycles. The molecule has 0 aliphatic heterocycles. The molecule has 0 bridgehead atoms. The van der Waals surface area contributed by atoms with Gasteiger partial charge in [-0.3, -0.25) is 0 Å². The number of carbonyl (C=O) groups is 1. The van der Waals surface area contributed by atoms with Gasteiger partial charge in [0.25, 0.3) is 0 Å². The summed E-state index contributed by atoms with van der Waals surface area (Å²) in [5.74, 6) is 0.489. The molecule has 0 spiro atoms. The fraction of sp³-hybridized carbons (Fsp3) is 0.588. The van der Waals surface area contributed by atoms with Gasteiger partial charge in [0, 0.05) is 12.2 Å². The van der Waals surface area contributed by atoms with E-state index in [-0.39, 0.29) is 18.0 Å². The largest absolute Gasteiger partial charge is 0.496 e. The summed E-state index contributed by atoms with van der Waals surface area (Å²) in [5.41, 5.74) is 2.34. The van der Waals surface area contributed by atoms with E-state index in [9.17, 15) is 4.79 Å². The molecule has 0 heterocycles. The van der Waals surface area contributed by atoms with E-state index in [1.54, 1.807) is 13.2 Å². The van der Waals surface area contributed by atoms with Gasteiger partial charge in [0.15, 0.2) is 0 Å². The summed E-state index contributed by atoms with van der Waals surface area (Å²) < 4.78 is 10.7. The van der Waals surface area contributed by atoms with Crippen molar-refractivity contribution < 1.29 is 19.4 Å². The van der Waals surface area contributed by atoms with Gasteiger partial charge in [-0.15, -0.1) is 0 Å². The number of hydrogen-bond acceptors (Lipinski definition) is 4. The molecule has 0 amide bonds. The Bertz CT molecular complexity index is 486. The van der Waals surface area contributed by atoms with Crippen LogP contribution in [0.15, 0.2) is 12.1 Å². The molecule has 0 saturated heterocycles. The Kier molecular flexibility index (Phi) is 6.21. The zero-order valence-corrected chi connectivity index (χ0v) is 13.7. The van der Waals surface area contributed by atoms with Gasteiger partial charge < -0.3 is 14.6 Å². The van der Waals surface area contributed by atoms with Gasteiger partial charge in [-0.1, -0.05) is 20.8 Å². The standard InChI is InChI=1S/C17H26O4/c1-12-10-13(16(19)21-9-7-6-8-18)11-14(15(12)20-5)17(2,3)4/h10-11,18H,6-9H2,1-5H3. The highest BCUT2D eigenvalue weighted by Crippen LogP contribution is 2.35. The maximum absolute atomic E-state index is 12.1. The summed E-state index contributed by atoms with van der Waals surface area (Å²) >= 11 is 0. The van der Waals surface area contributed by atoms with E-state index < -0.39 is 0 Å². The average Bonchev–Trinajstić information content (AvgIpc) is 2.41. The smallest absolute Gasteiger partial charge is 0.338 e. The molecule has 0 fully saturated rings. The molecule has 0 saturated carbocycles. The maximum atomic E-state index is 12.1. The number of ether oxygens (including phenoxy) is 2. The summed E-state index contributed by atoms with van der Waals surface area (Å²) in [6, 6.07) is 3.64. The van der Waals surface area contributed by atoms with E-state index in [1.807, 2.05) is 13.0 Å². The first-order chi connectivity index (χ1) is 9.81. The molecule has 0 radical (unpaired) electrons. The topological polar surface area (TPSA) is 55.8 Å². The molecule has 0 atom stereocenters. The number of unbranched alkanes of at least 4 members (excludes halogenated alkanes) is 1. The number of rotatable bonds is 6. The number of aryl methyl sites for hydroxylation is 1. The second-order valence-corrected chi connectivity index (χ2v) is 6.19. The lowest BCUT2D eigenvalue weighted by Gasteiger charge is -2.24. The maximum Gasteiger partial charge on any atom is 0.338 e. The lowest BCUT2D eigenvalue weighted by Crippen LogP contribution is -2.16. The summed E-state index contributed by atoms with van der Waals surface area (Å²) in [4.78, 5) is 12.1. The van der Waals surface area contributed by atoms with Crippen LogP contribution in [0.5, 0.6) is 5.75 Å². The van der Waals surface area contributed by atoms with Gasteiger partial charge in [-0.2, -0.15) is 0 Å². The number of hydrogen-bond donors (Lipinski definition) is 1. The zero-order valence-electron chi connectivity index (χ0n) is 13.7. The highest BCUT2D eigenvalue weighted by atomic mass is 16.5. The first-order valence-corrected chi connectivity index (χ1v) is 7.28.